The Morgan fingerprint density at radius 3 is 2.94 bits per heavy atom. The number of aryl methyl sites for hydroxylation is 1. The smallest absolute Gasteiger partial charge is 0.282 e. The van der Waals surface area contributed by atoms with Gasteiger partial charge in [-0.05, 0) is 6.92 Å². The van der Waals surface area contributed by atoms with Gasteiger partial charge in [0.15, 0.2) is 5.83 Å². The Labute approximate surface area is 105 Å². The maximum atomic E-state index is 12.9. The number of rotatable bonds is 2. The molecule has 0 spiro atoms. The number of carbonyl (C=O) groups excluding carboxylic acids is 1. The number of ether oxygens (including phenoxy) is 1. The summed E-state index contributed by atoms with van der Waals surface area (Å²) in [4.78, 5) is 13.0. The Morgan fingerprint density at radius 1 is 1.67 bits per heavy atom. The Morgan fingerprint density at radius 2 is 2.39 bits per heavy atom. The molecule has 6 heteroatoms. The van der Waals surface area contributed by atoms with Gasteiger partial charge in [-0.3, -0.25) is 9.48 Å². The first kappa shape index (κ1) is 12.8. The first-order chi connectivity index (χ1) is 8.42. The molecule has 1 fully saturated rings. The predicted octanol–water partition coefficient (Wildman–Crippen LogP) is 0.977. The van der Waals surface area contributed by atoms with Crippen molar-refractivity contribution >= 4 is 5.91 Å². The molecule has 0 aromatic carbocycles. The number of nitrogens with zero attached hydrogens (tertiary/aromatic N) is 3. The lowest BCUT2D eigenvalue weighted by atomic mass is 9.97. The molecular weight excluding hydrogens is 237 g/mol. The molecule has 1 amide bonds. The van der Waals surface area contributed by atoms with E-state index in [1.165, 1.54) is 4.90 Å². The highest BCUT2D eigenvalue weighted by molar-refractivity contribution is 5.90. The van der Waals surface area contributed by atoms with Gasteiger partial charge in [0.2, 0.25) is 0 Å². The fourth-order valence-electron chi connectivity index (χ4n) is 2.08. The summed E-state index contributed by atoms with van der Waals surface area (Å²) in [6.45, 7) is 5.94. The van der Waals surface area contributed by atoms with Crippen LogP contribution in [0.25, 0.3) is 0 Å². The predicted molar refractivity (Wildman–Crippen MR) is 63.3 cm³/mol. The number of carbonyl (C=O) groups is 1. The second-order valence-electron chi connectivity index (χ2n) is 4.61. The van der Waals surface area contributed by atoms with Crippen LogP contribution in [0.15, 0.2) is 24.8 Å². The van der Waals surface area contributed by atoms with Crippen molar-refractivity contribution in [2.24, 2.45) is 7.05 Å². The molecule has 0 N–H and O–H groups in total. The molecule has 1 aromatic rings. The summed E-state index contributed by atoms with van der Waals surface area (Å²) >= 11 is 0. The van der Waals surface area contributed by atoms with Crippen LogP contribution in [0.1, 0.15) is 12.5 Å². The van der Waals surface area contributed by atoms with Gasteiger partial charge < -0.3 is 9.64 Å². The van der Waals surface area contributed by atoms with Gasteiger partial charge in [-0.15, -0.1) is 0 Å². The van der Waals surface area contributed by atoms with E-state index in [4.69, 9.17) is 4.74 Å². The second kappa shape index (κ2) is 4.53. The minimum absolute atomic E-state index is 0.292. The first-order valence-corrected chi connectivity index (χ1v) is 5.69. The van der Waals surface area contributed by atoms with E-state index in [-0.39, 0.29) is 0 Å². The van der Waals surface area contributed by atoms with Crippen molar-refractivity contribution < 1.29 is 13.9 Å². The average Bonchev–Trinajstić information content (AvgIpc) is 2.75. The maximum Gasteiger partial charge on any atom is 0.282 e. The number of hydrogen-bond donors (Lipinski definition) is 0. The largest absolute Gasteiger partial charge is 0.367 e. The molecular formula is C12H16FN3O2. The van der Waals surface area contributed by atoms with Crippen LogP contribution in [0, 0.1) is 0 Å². The van der Waals surface area contributed by atoms with E-state index >= 15 is 0 Å². The second-order valence-corrected chi connectivity index (χ2v) is 4.61. The van der Waals surface area contributed by atoms with Crippen LogP contribution in [-0.2, 0) is 22.2 Å². The number of morpholine rings is 1. The molecule has 1 unspecified atom stereocenters. The van der Waals surface area contributed by atoms with Crippen LogP contribution in [0.4, 0.5) is 4.39 Å². The van der Waals surface area contributed by atoms with Gasteiger partial charge >= 0.3 is 0 Å². The van der Waals surface area contributed by atoms with Gasteiger partial charge in [-0.1, -0.05) is 6.58 Å². The van der Waals surface area contributed by atoms with Gasteiger partial charge in [-0.25, -0.2) is 4.39 Å². The molecule has 98 valence electrons. The fraction of sp³-hybridized carbons (Fsp3) is 0.500. The summed E-state index contributed by atoms with van der Waals surface area (Å²) in [5.74, 6) is -1.61. The van der Waals surface area contributed by atoms with Crippen LogP contribution in [-0.4, -0.2) is 40.3 Å². The maximum absolute atomic E-state index is 12.9. The lowest BCUT2D eigenvalue weighted by Crippen LogP contribution is -2.50. The highest BCUT2D eigenvalue weighted by Gasteiger charge is 2.37. The Hall–Kier alpha value is -1.69. The lowest BCUT2D eigenvalue weighted by Gasteiger charge is -2.39. The highest BCUT2D eigenvalue weighted by Crippen LogP contribution is 2.29. The molecule has 0 saturated carbocycles. The zero-order chi connectivity index (χ0) is 13.3. The van der Waals surface area contributed by atoms with Crippen molar-refractivity contribution in [3.05, 3.63) is 30.4 Å². The Bertz CT molecular complexity index is 485. The minimum atomic E-state index is -0.939. The molecule has 1 aromatic heterocycles. The monoisotopic (exact) mass is 253 g/mol. The molecule has 1 saturated heterocycles. The molecule has 18 heavy (non-hydrogen) atoms. The number of hydrogen-bond acceptors (Lipinski definition) is 3. The topological polar surface area (TPSA) is 47.4 Å². The fourth-order valence-corrected chi connectivity index (χ4v) is 2.08. The van der Waals surface area contributed by atoms with Crippen LogP contribution in [0.3, 0.4) is 0 Å². The van der Waals surface area contributed by atoms with Crippen molar-refractivity contribution in [2.75, 3.05) is 19.7 Å². The van der Waals surface area contributed by atoms with Gasteiger partial charge in [0.05, 0.1) is 19.3 Å². The van der Waals surface area contributed by atoms with Gasteiger partial charge in [-0.2, -0.15) is 5.10 Å². The number of aromatic nitrogens is 2. The van der Waals surface area contributed by atoms with Crippen LogP contribution < -0.4 is 0 Å². The molecule has 1 aliphatic heterocycles. The van der Waals surface area contributed by atoms with Gasteiger partial charge in [0.1, 0.15) is 5.60 Å². The van der Waals surface area contributed by atoms with Gasteiger partial charge in [0, 0.05) is 25.4 Å². The van der Waals surface area contributed by atoms with Gasteiger partial charge in [0.25, 0.3) is 5.91 Å². The zero-order valence-electron chi connectivity index (χ0n) is 10.5. The molecule has 5 nitrogen and oxygen atoms in total. The number of halogens is 1. The zero-order valence-corrected chi connectivity index (χ0v) is 10.5. The molecule has 2 heterocycles. The van der Waals surface area contributed by atoms with E-state index in [2.05, 4.69) is 11.7 Å². The third kappa shape index (κ3) is 2.28. The summed E-state index contributed by atoms with van der Waals surface area (Å²) in [6.07, 6.45) is 3.52. The molecule has 1 aliphatic rings. The quantitative estimate of drug-likeness (QED) is 0.738. The lowest BCUT2D eigenvalue weighted by molar-refractivity contribution is -0.147. The number of amides is 1. The third-order valence-corrected chi connectivity index (χ3v) is 3.11. The standard InChI is InChI=1S/C12H16FN3O2/c1-9(13)11(17)16-4-5-18-12(2,8-16)10-6-14-15(3)7-10/h6-7H,1,4-5,8H2,2-3H3. The highest BCUT2D eigenvalue weighted by atomic mass is 19.1. The Balaban J connectivity index is 2.19. The SMILES string of the molecule is C=C(F)C(=O)N1CCOC(C)(c2cnn(C)c2)C1. The summed E-state index contributed by atoms with van der Waals surface area (Å²) in [5, 5.41) is 4.08. The summed E-state index contributed by atoms with van der Waals surface area (Å²) < 4.78 is 20.3. The van der Waals surface area contributed by atoms with E-state index in [1.807, 2.05) is 20.2 Å². The molecule has 1 atom stereocenters. The van der Waals surface area contributed by atoms with E-state index < -0.39 is 17.3 Å². The summed E-state index contributed by atoms with van der Waals surface area (Å²) in [6, 6.07) is 0. The van der Waals surface area contributed by atoms with Crippen molar-refractivity contribution in [3.63, 3.8) is 0 Å². The van der Waals surface area contributed by atoms with Crippen LogP contribution in [0.2, 0.25) is 0 Å². The van der Waals surface area contributed by atoms with Crippen molar-refractivity contribution in [1.82, 2.24) is 14.7 Å². The van der Waals surface area contributed by atoms with E-state index in [1.54, 1.807) is 10.9 Å². The van der Waals surface area contributed by atoms with Crippen LogP contribution in [0.5, 0.6) is 0 Å². The van der Waals surface area contributed by atoms with Crippen molar-refractivity contribution in [2.45, 2.75) is 12.5 Å². The average molecular weight is 253 g/mol. The minimum Gasteiger partial charge on any atom is -0.367 e. The normalized spacial score (nSPS) is 24.1. The van der Waals surface area contributed by atoms with E-state index in [0.29, 0.717) is 19.7 Å². The van der Waals surface area contributed by atoms with Crippen molar-refractivity contribution in [3.8, 4) is 0 Å². The van der Waals surface area contributed by atoms with Crippen LogP contribution >= 0.6 is 0 Å². The molecule has 0 bridgehead atoms. The molecule has 0 aliphatic carbocycles. The van der Waals surface area contributed by atoms with E-state index in [0.717, 1.165) is 5.56 Å². The first-order valence-electron chi connectivity index (χ1n) is 5.69. The Kier molecular flexibility index (Phi) is 3.21. The third-order valence-electron chi connectivity index (χ3n) is 3.11. The van der Waals surface area contributed by atoms with E-state index in [9.17, 15) is 9.18 Å². The molecule has 2 rings (SSSR count). The van der Waals surface area contributed by atoms with Crippen molar-refractivity contribution in [1.29, 1.82) is 0 Å². The summed E-state index contributed by atoms with van der Waals surface area (Å²) in [5.41, 5.74) is 0.212. The summed E-state index contributed by atoms with van der Waals surface area (Å²) in [7, 11) is 1.81. The molecule has 0 radical (unpaired) electrons.